The normalized spacial score (nSPS) is 35.1. The van der Waals surface area contributed by atoms with Gasteiger partial charge in [0.1, 0.15) is 6.17 Å². The lowest BCUT2D eigenvalue weighted by molar-refractivity contribution is 0.252. The van der Waals surface area contributed by atoms with Crippen LogP contribution in [0.4, 0.5) is 0 Å². The van der Waals surface area contributed by atoms with Crippen LogP contribution < -0.4 is 0 Å². The molecule has 0 aliphatic carbocycles. The molecule has 1 aromatic rings. The van der Waals surface area contributed by atoms with Crippen LogP contribution >= 0.6 is 15.9 Å². The molecule has 0 spiro atoms. The van der Waals surface area contributed by atoms with E-state index in [1.165, 1.54) is 31.5 Å². The van der Waals surface area contributed by atoms with Gasteiger partial charge in [-0.2, -0.15) is 0 Å². The second kappa shape index (κ2) is 3.33. The summed E-state index contributed by atoms with van der Waals surface area (Å²) in [6.07, 6.45) is 3.28. The Morgan fingerprint density at radius 2 is 1.57 bits per heavy atom. The monoisotopic (exact) mass is 252 g/mol. The molecule has 3 heteroatoms. The van der Waals surface area contributed by atoms with Crippen molar-refractivity contribution in [3.63, 3.8) is 0 Å². The highest BCUT2D eigenvalue weighted by Crippen LogP contribution is 2.43. The molecule has 74 valence electrons. The molecule has 2 saturated heterocycles. The summed E-state index contributed by atoms with van der Waals surface area (Å²) in [4.78, 5) is 0. The van der Waals surface area contributed by atoms with Gasteiger partial charge in [-0.15, -0.1) is 0 Å². The summed E-state index contributed by atoms with van der Waals surface area (Å²) in [5.41, 5.74) is 1.43. The molecule has 2 fully saturated rings. The fraction of sp³-hybridized carbons (Fsp3) is 0.455. The summed E-state index contributed by atoms with van der Waals surface area (Å²) in [5, 5.41) is 4.93. The van der Waals surface area contributed by atoms with Crippen molar-refractivity contribution in [2.75, 3.05) is 13.1 Å². The maximum Gasteiger partial charge on any atom is 0.115 e. The fourth-order valence-corrected chi connectivity index (χ4v) is 2.54. The molecule has 0 saturated carbocycles. The molecular formula is C11H13BrN2. The van der Waals surface area contributed by atoms with Crippen LogP contribution in [0.25, 0.3) is 0 Å². The molecule has 0 N–H and O–H groups in total. The first-order valence-electron chi connectivity index (χ1n) is 5.15. The first kappa shape index (κ1) is 8.89. The van der Waals surface area contributed by atoms with Gasteiger partial charge in [0.2, 0.25) is 0 Å². The molecule has 2 heterocycles. The van der Waals surface area contributed by atoms with Crippen molar-refractivity contribution in [2.24, 2.45) is 0 Å². The first-order chi connectivity index (χ1) is 6.86. The van der Waals surface area contributed by atoms with Gasteiger partial charge in [0.25, 0.3) is 0 Å². The van der Waals surface area contributed by atoms with Gasteiger partial charge in [0, 0.05) is 17.6 Å². The molecule has 0 radical (unpaired) electrons. The van der Waals surface area contributed by atoms with E-state index in [9.17, 15) is 0 Å². The molecule has 0 aromatic heterocycles. The zero-order chi connectivity index (χ0) is 9.54. The third-order valence-electron chi connectivity index (χ3n) is 3.03. The van der Waals surface area contributed by atoms with Crippen LogP contribution in [0.2, 0.25) is 0 Å². The zero-order valence-electron chi connectivity index (χ0n) is 7.99. The Bertz CT molecular complexity index is 324. The second-order valence-electron chi connectivity index (χ2n) is 3.96. The van der Waals surface area contributed by atoms with Crippen LogP contribution in [0.15, 0.2) is 28.7 Å². The number of fused-ring (bicyclic) bond motifs is 1. The van der Waals surface area contributed by atoms with E-state index in [2.05, 4.69) is 50.2 Å². The van der Waals surface area contributed by atoms with E-state index in [1.807, 2.05) is 0 Å². The summed E-state index contributed by atoms with van der Waals surface area (Å²) >= 11 is 3.46. The molecule has 1 aromatic carbocycles. The third-order valence-corrected chi connectivity index (χ3v) is 3.56. The molecule has 0 bridgehead atoms. The van der Waals surface area contributed by atoms with E-state index >= 15 is 0 Å². The summed E-state index contributed by atoms with van der Waals surface area (Å²) in [7, 11) is 0. The lowest BCUT2D eigenvalue weighted by Crippen LogP contribution is -2.16. The zero-order valence-corrected chi connectivity index (χ0v) is 9.57. The molecule has 2 nitrogen and oxygen atoms in total. The molecule has 3 rings (SSSR count). The summed E-state index contributed by atoms with van der Waals surface area (Å²) < 4.78 is 1.16. The molecule has 2 aliphatic rings. The molecule has 0 amide bonds. The average Bonchev–Trinajstić information content (AvgIpc) is 2.93. The third kappa shape index (κ3) is 1.40. The van der Waals surface area contributed by atoms with Crippen molar-refractivity contribution >= 4 is 15.9 Å². The van der Waals surface area contributed by atoms with Gasteiger partial charge in [-0.05, 0) is 30.5 Å². The van der Waals surface area contributed by atoms with E-state index in [1.54, 1.807) is 0 Å². The molecule has 2 unspecified atom stereocenters. The second-order valence-corrected chi connectivity index (χ2v) is 4.87. The summed E-state index contributed by atoms with van der Waals surface area (Å²) in [6, 6.07) is 8.68. The highest BCUT2D eigenvalue weighted by atomic mass is 79.9. The van der Waals surface area contributed by atoms with Crippen LogP contribution in [-0.2, 0) is 0 Å². The number of halogens is 1. The number of rotatable bonds is 1. The van der Waals surface area contributed by atoms with Crippen molar-refractivity contribution in [3.8, 4) is 0 Å². The molecule has 2 aliphatic heterocycles. The maximum atomic E-state index is 3.46. The SMILES string of the molecule is Brc1ccc(C2N3CCCCN23)cc1. The van der Waals surface area contributed by atoms with Gasteiger partial charge >= 0.3 is 0 Å². The topological polar surface area (TPSA) is 6.02 Å². The van der Waals surface area contributed by atoms with Crippen molar-refractivity contribution in [2.45, 2.75) is 19.0 Å². The van der Waals surface area contributed by atoms with Crippen molar-refractivity contribution in [1.82, 2.24) is 10.0 Å². The van der Waals surface area contributed by atoms with Gasteiger partial charge in [-0.25, -0.2) is 10.0 Å². The number of nitrogens with zero attached hydrogens (tertiary/aromatic N) is 2. The molecule has 14 heavy (non-hydrogen) atoms. The highest BCUT2D eigenvalue weighted by Gasteiger charge is 2.46. The molecular weight excluding hydrogens is 240 g/mol. The first-order valence-corrected chi connectivity index (χ1v) is 5.94. The summed E-state index contributed by atoms with van der Waals surface area (Å²) in [6.45, 7) is 2.47. The lowest BCUT2D eigenvalue weighted by Gasteiger charge is -2.09. The predicted octanol–water partition coefficient (Wildman–Crippen LogP) is 2.77. The van der Waals surface area contributed by atoms with Crippen molar-refractivity contribution < 1.29 is 0 Å². The Hall–Kier alpha value is -0.380. The van der Waals surface area contributed by atoms with Crippen LogP contribution in [0.5, 0.6) is 0 Å². The number of hydrogen-bond acceptors (Lipinski definition) is 2. The Kier molecular flexibility index (Phi) is 2.11. The quantitative estimate of drug-likeness (QED) is 0.710. The Morgan fingerprint density at radius 1 is 1.00 bits per heavy atom. The van der Waals surface area contributed by atoms with Crippen LogP contribution in [0.1, 0.15) is 24.6 Å². The summed E-state index contributed by atoms with van der Waals surface area (Å²) in [5.74, 6) is 0. The van der Waals surface area contributed by atoms with Gasteiger partial charge in [0.05, 0.1) is 0 Å². The highest BCUT2D eigenvalue weighted by molar-refractivity contribution is 9.10. The van der Waals surface area contributed by atoms with E-state index in [0.717, 1.165) is 4.47 Å². The predicted molar refractivity (Wildman–Crippen MR) is 59.5 cm³/mol. The van der Waals surface area contributed by atoms with E-state index in [4.69, 9.17) is 0 Å². The lowest BCUT2D eigenvalue weighted by atomic mass is 10.2. The molecule has 2 atom stereocenters. The van der Waals surface area contributed by atoms with E-state index in [-0.39, 0.29) is 0 Å². The van der Waals surface area contributed by atoms with Gasteiger partial charge in [-0.1, -0.05) is 28.1 Å². The number of benzene rings is 1. The van der Waals surface area contributed by atoms with Crippen LogP contribution in [0.3, 0.4) is 0 Å². The van der Waals surface area contributed by atoms with E-state index < -0.39 is 0 Å². The van der Waals surface area contributed by atoms with Gasteiger partial charge in [-0.3, -0.25) is 0 Å². The average molecular weight is 253 g/mol. The van der Waals surface area contributed by atoms with Gasteiger partial charge < -0.3 is 0 Å². The minimum absolute atomic E-state index is 0.575. The standard InChI is InChI=1S/C11H13BrN2/c12-10-5-3-9(4-6-10)11-13-7-1-2-8-14(11)13/h3-6,11H,1-2,7-8H2. The number of hydrogen-bond donors (Lipinski definition) is 0. The van der Waals surface area contributed by atoms with E-state index in [0.29, 0.717) is 6.17 Å². The van der Waals surface area contributed by atoms with Crippen LogP contribution in [0, 0.1) is 0 Å². The minimum Gasteiger partial charge on any atom is -0.217 e. The maximum absolute atomic E-state index is 3.46. The Labute approximate surface area is 92.6 Å². The number of hydrazine groups is 1. The van der Waals surface area contributed by atoms with Crippen molar-refractivity contribution in [3.05, 3.63) is 34.3 Å². The van der Waals surface area contributed by atoms with Crippen molar-refractivity contribution in [1.29, 1.82) is 0 Å². The Balaban J connectivity index is 1.81. The fourth-order valence-electron chi connectivity index (χ4n) is 2.27. The van der Waals surface area contributed by atoms with Gasteiger partial charge in [0.15, 0.2) is 0 Å². The largest absolute Gasteiger partial charge is 0.217 e. The minimum atomic E-state index is 0.575. The van der Waals surface area contributed by atoms with Crippen LogP contribution in [-0.4, -0.2) is 23.1 Å². The smallest absolute Gasteiger partial charge is 0.115 e. The Morgan fingerprint density at radius 3 is 2.14 bits per heavy atom.